The van der Waals surface area contributed by atoms with Gasteiger partial charge in [-0.15, -0.1) is 0 Å². The molecule has 27 heavy (non-hydrogen) atoms. The Kier molecular flexibility index (Phi) is 6.49. The van der Waals surface area contributed by atoms with Crippen molar-refractivity contribution in [3.05, 3.63) is 94.5 Å². The number of carbonyl (C=O) groups excluding carboxylic acids is 1. The highest BCUT2D eigenvalue weighted by atomic mass is 79.9. The van der Waals surface area contributed by atoms with E-state index in [0.29, 0.717) is 0 Å². The van der Waals surface area contributed by atoms with Crippen LogP contribution in [0.15, 0.2) is 83.3 Å². The Balaban J connectivity index is 1.72. The molecule has 1 amide bonds. The molecule has 3 aromatic rings. The van der Waals surface area contributed by atoms with Gasteiger partial charge >= 0.3 is 0 Å². The molecule has 0 aromatic heterocycles. The number of methoxy groups -OCH3 is 1. The predicted molar refractivity (Wildman–Crippen MR) is 112 cm³/mol. The van der Waals surface area contributed by atoms with Crippen molar-refractivity contribution >= 4 is 27.5 Å². The first-order valence-electron chi connectivity index (χ1n) is 8.63. The number of halogens is 1. The van der Waals surface area contributed by atoms with Crippen molar-refractivity contribution in [1.82, 2.24) is 5.32 Å². The minimum atomic E-state index is -0.226. The summed E-state index contributed by atoms with van der Waals surface area (Å²) < 4.78 is 6.23. The third kappa shape index (κ3) is 5.34. The van der Waals surface area contributed by atoms with Gasteiger partial charge in [0.25, 0.3) is 0 Å². The van der Waals surface area contributed by atoms with Crippen LogP contribution in [0.3, 0.4) is 0 Å². The number of carbonyl (C=O) groups is 1. The molecule has 0 radical (unpaired) electrons. The van der Waals surface area contributed by atoms with Crippen LogP contribution in [0.25, 0.3) is 0 Å². The van der Waals surface area contributed by atoms with Crippen LogP contribution in [0.2, 0.25) is 0 Å². The monoisotopic (exact) mass is 424 g/mol. The van der Waals surface area contributed by atoms with Crippen molar-refractivity contribution in [3.8, 4) is 5.75 Å². The number of hydrogen-bond acceptors (Lipinski definition) is 3. The second-order valence-electron chi connectivity index (χ2n) is 6.04. The zero-order valence-electron chi connectivity index (χ0n) is 15.0. The maximum absolute atomic E-state index is 12.6. The smallest absolute Gasteiger partial charge is 0.240 e. The molecule has 1 atom stereocenters. The van der Waals surface area contributed by atoms with Gasteiger partial charge in [0, 0.05) is 10.2 Å². The summed E-state index contributed by atoms with van der Waals surface area (Å²) in [6.07, 6.45) is 0. The lowest BCUT2D eigenvalue weighted by Gasteiger charge is -2.20. The Bertz CT molecular complexity index is 865. The van der Waals surface area contributed by atoms with Crippen LogP contribution < -0.4 is 15.4 Å². The summed E-state index contributed by atoms with van der Waals surface area (Å²) in [6, 6.07) is 25.2. The van der Waals surface area contributed by atoms with Gasteiger partial charge in [0.05, 0.1) is 19.7 Å². The van der Waals surface area contributed by atoms with E-state index in [1.807, 2.05) is 78.9 Å². The normalized spacial score (nSPS) is 11.5. The van der Waals surface area contributed by atoms with Crippen LogP contribution in [-0.2, 0) is 4.79 Å². The maximum Gasteiger partial charge on any atom is 0.240 e. The summed E-state index contributed by atoms with van der Waals surface area (Å²) >= 11 is 3.40. The largest absolute Gasteiger partial charge is 0.497 e. The topological polar surface area (TPSA) is 50.4 Å². The molecule has 1 unspecified atom stereocenters. The summed E-state index contributed by atoms with van der Waals surface area (Å²) in [6.45, 7) is 0.196. The molecule has 3 rings (SSSR count). The summed E-state index contributed by atoms with van der Waals surface area (Å²) in [5.41, 5.74) is 2.92. The number of nitrogens with one attached hydrogen (secondary N) is 2. The fraction of sp³-hybridized carbons (Fsp3) is 0.136. The summed E-state index contributed by atoms with van der Waals surface area (Å²) in [4.78, 5) is 12.6. The van der Waals surface area contributed by atoms with E-state index >= 15 is 0 Å². The van der Waals surface area contributed by atoms with Gasteiger partial charge in [-0.2, -0.15) is 0 Å². The summed E-state index contributed by atoms with van der Waals surface area (Å²) in [5.74, 6) is 0.705. The van der Waals surface area contributed by atoms with Crippen LogP contribution in [-0.4, -0.2) is 19.6 Å². The van der Waals surface area contributed by atoms with Gasteiger partial charge in [-0.1, -0.05) is 58.4 Å². The van der Waals surface area contributed by atoms with Gasteiger partial charge in [-0.25, -0.2) is 0 Å². The molecule has 2 N–H and O–H groups in total. The average molecular weight is 425 g/mol. The molecule has 0 aliphatic rings. The molecule has 0 fully saturated rings. The summed E-state index contributed by atoms with van der Waals surface area (Å²) in [5, 5.41) is 6.26. The average Bonchev–Trinajstić information content (AvgIpc) is 2.72. The summed E-state index contributed by atoms with van der Waals surface area (Å²) in [7, 11) is 1.64. The van der Waals surface area contributed by atoms with E-state index in [1.54, 1.807) is 7.11 Å². The molecular formula is C22H21BrN2O2. The van der Waals surface area contributed by atoms with E-state index in [0.717, 1.165) is 27.0 Å². The molecule has 0 spiro atoms. The molecule has 3 aromatic carbocycles. The molecule has 0 aliphatic heterocycles. The minimum Gasteiger partial charge on any atom is -0.497 e. The maximum atomic E-state index is 12.6. The zero-order valence-corrected chi connectivity index (χ0v) is 16.6. The van der Waals surface area contributed by atoms with E-state index in [-0.39, 0.29) is 18.5 Å². The predicted octanol–water partition coefficient (Wildman–Crippen LogP) is 4.78. The number of rotatable bonds is 7. The molecule has 4 nitrogen and oxygen atoms in total. The molecule has 138 valence electrons. The van der Waals surface area contributed by atoms with E-state index in [4.69, 9.17) is 4.74 Å². The Hall–Kier alpha value is -2.79. The first-order valence-corrected chi connectivity index (χ1v) is 9.43. The van der Waals surface area contributed by atoms with Gasteiger partial charge < -0.3 is 15.4 Å². The number of amides is 1. The Morgan fingerprint density at radius 1 is 0.926 bits per heavy atom. The van der Waals surface area contributed by atoms with E-state index in [9.17, 15) is 4.79 Å². The van der Waals surface area contributed by atoms with Crippen molar-refractivity contribution in [2.75, 3.05) is 19.0 Å². The van der Waals surface area contributed by atoms with Gasteiger partial charge in [0.1, 0.15) is 5.75 Å². The molecule has 0 heterocycles. The number of ether oxygens (including phenoxy) is 1. The van der Waals surface area contributed by atoms with Crippen LogP contribution in [0.5, 0.6) is 5.75 Å². The molecule has 0 saturated carbocycles. The first kappa shape index (κ1) is 19.0. The van der Waals surface area contributed by atoms with Gasteiger partial charge in [-0.3, -0.25) is 4.79 Å². The fourth-order valence-electron chi connectivity index (χ4n) is 2.76. The highest BCUT2D eigenvalue weighted by Gasteiger charge is 2.16. The van der Waals surface area contributed by atoms with Crippen molar-refractivity contribution in [1.29, 1.82) is 0 Å². The highest BCUT2D eigenvalue weighted by molar-refractivity contribution is 9.10. The lowest BCUT2D eigenvalue weighted by molar-refractivity contribution is -0.119. The van der Waals surface area contributed by atoms with Crippen molar-refractivity contribution in [2.24, 2.45) is 0 Å². The first-order chi connectivity index (χ1) is 13.2. The van der Waals surface area contributed by atoms with E-state index in [1.165, 1.54) is 0 Å². The molecule has 5 heteroatoms. The third-order valence-electron chi connectivity index (χ3n) is 4.18. The quantitative estimate of drug-likeness (QED) is 0.573. The number of hydrogen-bond donors (Lipinski definition) is 2. The van der Waals surface area contributed by atoms with Crippen LogP contribution in [0, 0.1) is 0 Å². The zero-order chi connectivity index (χ0) is 19.1. The van der Waals surface area contributed by atoms with Crippen LogP contribution >= 0.6 is 15.9 Å². The Morgan fingerprint density at radius 3 is 2.19 bits per heavy atom. The molecule has 0 aliphatic carbocycles. The van der Waals surface area contributed by atoms with Crippen molar-refractivity contribution in [3.63, 3.8) is 0 Å². The van der Waals surface area contributed by atoms with Gasteiger partial charge in [0.2, 0.25) is 5.91 Å². The van der Waals surface area contributed by atoms with E-state index < -0.39 is 0 Å². The second-order valence-corrected chi connectivity index (χ2v) is 6.96. The minimum absolute atomic E-state index is 0.0809. The van der Waals surface area contributed by atoms with Crippen LogP contribution in [0.1, 0.15) is 17.2 Å². The SMILES string of the molecule is COc1ccc(C(NC(=O)CNc2ccc(Br)cc2)c2ccccc2)cc1. The molecule has 0 saturated heterocycles. The number of anilines is 1. The molecule has 0 bridgehead atoms. The fourth-order valence-corrected chi connectivity index (χ4v) is 3.03. The number of benzene rings is 3. The lowest BCUT2D eigenvalue weighted by Crippen LogP contribution is -2.33. The Morgan fingerprint density at radius 2 is 1.56 bits per heavy atom. The van der Waals surface area contributed by atoms with Gasteiger partial charge in [-0.05, 0) is 47.5 Å². The molecular weight excluding hydrogens is 404 g/mol. The third-order valence-corrected chi connectivity index (χ3v) is 4.71. The van der Waals surface area contributed by atoms with Crippen molar-refractivity contribution < 1.29 is 9.53 Å². The lowest BCUT2D eigenvalue weighted by atomic mass is 9.98. The van der Waals surface area contributed by atoms with Crippen LogP contribution in [0.4, 0.5) is 5.69 Å². The second kappa shape index (κ2) is 9.24. The van der Waals surface area contributed by atoms with Crippen molar-refractivity contribution in [2.45, 2.75) is 6.04 Å². The standard InChI is InChI=1S/C22H21BrN2O2/c1-27-20-13-7-17(8-14-20)22(16-5-3-2-4-6-16)25-21(26)15-24-19-11-9-18(23)10-12-19/h2-14,22,24H,15H2,1H3,(H,25,26). The van der Waals surface area contributed by atoms with E-state index in [2.05, 4.69) is 26.6 Å². The highest BCUT2D eigenvalue weighted by Crippen LogP contribution is 2.24. The Labute approximate surface area is 167 Å². The van der Waals surface area contributed by atoms with Gasteiger partial charge in [0.15, 0.2) is 0 Å².